The Kier molecular flexibility index (Phi) is 3.98. The molecule has 0 aliphatic carbocycles. The predicted molar refractivity (Wildman–Crippen MR) is 87.9 cm³/mol. The van der Waals surface area contributed by atoms with Crippen molar-refractivity contribution in [3.8, 4) is 0 Å². The number of aromatic nitrogens is 1. The van der Waals surface area contributed by atoms with Gasteiger partial charge in [-0.25, -0.2) is 4.98 Å². The van der Waals surface area contributed by atoms with Crippen LogP contribution in [0, 0.1) is 0 Å². The second-order valence-corrected chi connectivity index (χ2v) is 6.00. The number of rotatable bonds is 3. The van der Waals surface area contributed by atoms with Crippen LogP contribution in [0.25, 0.3) is 11.1 Å². The number of anilines is 1. The van der Waals surface area contributed by atoms with Crippen molar-refractivity contribution in [1.82, 2.24) is 4.98 Å². The van der Waals surface area contributed by atoms with Crippen molar-refractivity contribution < 1.29 is 9.21 Å². The lowest BCUT2D eigenvalue weighted by atomic mass is 10.2. The maximum absolute atomic E-state index is 12.1. The Morgan fingerprint density at radius 1 is 1.24 bits per heavy atom. The molecule has 6 heteroatoms. The van der Waals surface area contributed by atoms with E-state index in [4.69, 9.17) is 4.42 Å². The van der Waals surface area contributed by atoms with E-state index >= 15 is 0 Å². The number of fused-ring (bicyclic) bond motifs is 1. The van der Waals surface area contributed by atoms with Crippen molar-refractivity contribution in [2.75, 3.05) is 11.6 Å². The van der Waals surface area contributed by atoms with E-state index in [1.165, 1.54) is 11.8 Å². The molecule has 1 aromatic heterocycles. The number of hydrogen-bond acceptors (Lipinski definition) is 4. The fourth-order valence-electron chi connectivity index (χ4n) is 1.87. The number of nitrogens with one attached hydrogen (secondary N) is 1. The molecule has 0 fully saturated rings. The fraction of sp³-hybridized carbons (Fsp3) is 0.0667. The van der Waals surface area contributed by atoms with Crippen molar-refractivity contribution in [1.29, 1.82) is 0 Å². The van der Waals surface area contributed by atoms with Crippen LogP contribution in [0.3, 0.4) is 0 Å². The molecule has 2 aromatic carbocycles. The largest absolute Gasteiger partial charge is 0.431 e. The third-order valence-electron chi connectivity index (χ3n) is 2.91. The lowest BCUT2D eigenvalue weighted by molar-refractivity contribution is 0.102. The monoisotopic (exact) mass is 362 g/mol. The Morgan fingerprint density at radius 3 is 2.71 bits per heavy atom. The van der Waals surface area contributed by atoms with Gasteiger partial charge in [0.1, 0.15) is 5.52 Å². The van der Waals surface area contributed by atoms with Crippen LogP contribution < -0.4 is 5.32 Å². The molecule has 4 nitrogen and oxygen atoms in total. The van der Waals surface area contributed by atoms with E-state index in [1.807, 2.05) is 30.5 Å². The SMILES string of the molecule is CSc1nc2ccc(NC(=O)c3ccc(Br)cc3)cc2o1. The molecule has 0 atom stereocenters. The maximum Gasteiger partial charge on any atom is 0.256 e. The topological polar surface area (TPSA) is 55.1 Å². The standard InChI is InChI=1S/C15H11BrN2O2S/c1-21-15-18-12-7-6-11(8-13(12)20-15)17-14(19)9-2-4-10(16)5-3-9/h2-8H,1H3,(H,17,19). The highest BCUT2D eigenvalue weighted by atomic mass is 79.9. The molecule has 0 saturated heterocycles. The van der Waals surface area contributed by atoms with Gasteiger partial charge >= 0.3 is 0 Å². The van der Waals surface area contributed by atoms with Crippen molar-refractivity contribution in [3.05, 3.63) is 52.5 Å². The molecule has 1 heterocycles. The number of oxazole rings is 1. The highest BCUT2D eigenvalue weighted by Crippen LogP contribution is 2.24. The molecule has 3 rings (SSSR count). The molecule has 1 N–H and O–H groups in total. The Labute approximate surface area is 134 Å². The summed E-state index contributed by atoms with van der Waals surface area (Å²) < 4.78 is 6.49. The summed E-state index contributed by atoms with van der Waals surface area (Å²) in [4.78, 5) is 16.4. The minimum Gasteiger partial charge on any atom is -0.431 e. The van der Waals surface area contributed by atoms with Crippen LogP contribution in [0.1, 0.15) is 10.4 Å². The van der Waals surface area contributed by atoms with E-state index in [0.29, 0.717) is 22.1 Å². The molecule has 3 aromatic rings. The van der Waals surface area contributed by atoms with Crippen molar-refractivity contribution in [3.63, 3.8) is 0 Å². The second-order valence-electron chi connectivity index (χ2n) is 4.33. The predicted octanol–water partition coefficient (Wildman–Crippen LogP) is 4.56. The van der Waals surface area contributed by atoms with E-state index in [1.54, 1.807) is 18.2 Å². The van der Waals surface area contributed by atoms with Gasteiger partial charge in [0.05, 0.1) is 0 Å². The normalized spacial score (nSPS) is 10.8. The summed E-state index contributed by atoms with van der Waals surface area (Å²) in [6, 6.07) is 12.6. The van der Waals surface area contributed by atoms with Gasteiger partial charge in [-0.15, -0.1) is 0 Å². The maximum atomic E-state index is 12.1. The third-order valence-corrected chi connectivity index (χ3v) is 3.96. The van der Waals surface area contributed by atoms with E-state index < -0.39 is 0 Å². The number of benzene rings is 2. The van der Waals surface area contributed by atoms with Gasteiger partial charge in [-0.05, 0) is 42.7 Å². The van der Waals surface area contributed by atoms with Gasteiger partial charge in [0, 0.05) is 21.8 Å². The lowest BCUT2D eigenvalue weighted by Crippen LogP contribution is -2.11. The molecule has 0 saturated carbocycles. The van der Waals surface area contributed by atoms with Gasteiger partial charge in [-0.1, -0.05) is 27.7 Å². The number of hydrogen-bond donors (Lipinski definition) is 1. The average molecular weight is 363 g/mol. The summed E-state index contributed by atoms with van der Waals surface area (Å²) in [6.45, 7) is 0. The molecule has 0 radical (unpaired) electrons. The van der Waals surface area contributed by atoms with Crippen LogP contribution in [-0.4, -0.2) is 17.1 Å². The zero-order valence-electron chi connectivity index (χ0n) is 11.1. The Bertz CT molecular complexity index is 799. The molecular weight excluding hydrogens is 352 g/mol. The summed E-state index contributed by atoms with van der Waals surface area (Å²) in [6.07, 6.45) is 1.90. The first-order valence-corrected chi connectivity index (χ1v) is 8.19. The van der Waals surface area contributed by atoms with E-state index in [-0.39, 0.29) is 5.91 Å². The van der Waals surface area contributed by atoms with Gasteiger partial charge < -0.3 is 9.73 Å². The lowest BCUT2D eigenvalue weighted by Gasteiger charge is -2.05. The van der Waals surface area contributed by atoms with Crippen molar-refractivity contribution in [2.45, 2.75) is 5.22 Å². The number of halogens is 1. The average Bonchev–Trinajstić information content (AvgIpc) is 2.90. The smallest absolute Gasteiger partial charge is 0.256 e. The first-order valence-electron chi connectivity index (χ1n) is 6.17. The minimum absolute atomic E-state index is 0.161. The van der Waals surface area contributed by atoms with Crippen LogP contribution in [-0.2, 0) is 0 Å². The molecule has 0 unspecified atom stereocenters. The first kappa shape index (κ1) is 14.2. The number of nitrogens with zero attached hydrogens (tertiary/aromatic N) is 1. The molecule has 1 amide bonds. The molecular formula is C15H11BrN2O2S. The summed E-state index contributed by atoms with van der Waals surface area (Å²) in [5, 5.41) is 3.46. The highest BCUT2D eigenvalue weighted by Gasteiger charge is 2.09. The first-order chi connectivity index (χ1) is 10.2. The van der Waals surface area contributed by atoms with Crippen LogP contribution in [0.2, 0.25) is 0 Å². The van der Waals surface area contributed by atoms with E-state index in [2.05, 4.69) is 26.2 Å². The summed E-state index contributed by atoms with van der Waals surface area (Å²) in [5.74, 6) is -0.161. The Hall–Kier alpha value is -1.79. The van der Waals surface area contributed by atoms with Gasteiger partial charge in [0.2, 0.25) is 0 Å². The van der Waals surface area contributed by atoms with Gasteiger partial charge in [0.15, 0.2) is 5.58 Å². The summed E-state index contributed by atoms with van der Waals surface area (Å²) in [5.41, 5.74) is 2.72. The van der Waals surface area contributed by atoms with Crippen molar-refractivity contribution in [2.24, 2.45) is 0 Å². The van der Waals surface area contributed by atoms with Crippen LogP contribution in [0.5, 0.6) is 0 Å². The highest BCUT2D eigenvalue weighted by molar-refractivity contribution is 9.10. The number of amides is 1. The third kappa shape index (κ3) is 3.11. The van der Waals surface area contributed by atoms with Gasteiger partial charge in [-0.2, -0.15) is 0 Å². The van der Waals surface area contributed by atoms with Gasteiger partial charge in [0.25, 0.3) is 11.1 Å². The Morgan fingerprint density at radius 2 is 2.00 bits per heavy atom. The summed E-state index contributed by atoms with van der Waals surface area (Å²) in [7, 11) is 0. The molecule has 0 aliphatic rings. The Balaban J connectivity index is 1.83. The molecule has 0 bridgehead atoms. The molecule has 106 valence electrons. The number of carbonyl (C=O) groups is 1. The zero-order valence-corrected chi connectivity index (χ0v) is 13.5. The molecule has 21 heavy (non-hydrogen) atoms. The fourth-order valence-corrected chi connectivity index (χ4v) is 2.50. The van der Waals surface area contributed by atoms with Crippen LogP contribution in [0.15, 0.2) is 56.6 Å². The molecule has 0 spiro atoms. The van der Waals surface area contributed by atoms with E-state index in [0.717, 1.165) is 9.99 Å². The van der Waals surface area contributed by atoms with Crippen molar-refractivity contribution >= 4 is 50.4 Å². The van der Waals surface area contributed by atoms with Crippen LogP contribution in [0.4, 0.5) is 5.69 Å². The van der Waals surface area contributed by atoms with Gasteiger partial charge in [-0.3, -0.25) is 4.79 Å². The number of thioether (sulfide) groups is 1. The quantitative estimate of drug-likeness (QED) is 0.693. The second kappa shape index (κ2) is 5.91. The van der Waals surface area contributed by atoms with E-state index in [9.17, 15) is 4.79 Å². The molecule has 0 aliphatic heterocycles. The van der Waals surface area contributed by atoms with Crippen LogP contribution >= 0.6 is 27.7 Å². The minimum atomic E-state index is -0.161. The summed E-state index contributed by atoms with van der Waals surface area (Å²) >= 11 is 4.79. The number of carbonyl (C=O) groups excluding carboxylic acids is 1. The zero-order chi connectivity index (χ0) is 14.8.